The molecule has 0 bridgehead atoms. The molecule has 28 heavy (non-hydrogen) atoms. The highest BCUT2D eigenvalue weighted by molar-refractivity contribution is 7.89. The molecule has 0 aromatic heterocycles. The zero-order valence-corrected chi connectivity index (χ0v) is 17.6. The summed E-state index contributed by atoms with van der Waals surface area (Å²) in [5.41, 5.74) is 1.04. The van der Waals surface area contributed by atoms with Gasteiger partial charge in [-0.05, 0) is 61.2 Å². The van der Waals surface area contributed by atoms with Crippen molar-refractivity contribution in [3.8, 4) is 0 Å². The van der Waals surface area contributed by atoms with Gasteiger partial charge in [-0.25, -0.2) is 8.42 Å². The Bertz CT molecular complexity index is 933. The molecular weight excluding hydrogens is 419 g/mol. The molecule has 2 aromatic rings. The first-order valence-corrected chi connectivity index (χ1v) is 11.3. The molecule has 1 saturated heterocycles. The van der Waals surface area contributed by atoms with Crippen LogP contribution in [0.1, 0.15) is 18.4 Å². The van der Waals surface area contributed by atoms with Crippen LogP contribution in [0.4, 0.5) is 0 Å². The molecule has 1 aliphatic heterocycles. The first kappa shape index (κ1) is 21.1. The first-order valence-electron chi connectivity index (χ1n) is 9.14. The van der Waals surface area contributed by atoms with E-state index < -0.39 is 10.0 Å². The van der Waals surface area contributed by atoms with Crippen LogP contribution in [0.5, 0.6) is 0 Å². The summed E-state index contributed by atoms with van der Waals surface area (Å²) >= 11 is 11.8. The van der Waals surface area contributed by atoms with E-state index in [0.717, 1.165) is 5.56 Å². The summed E-state index contributed by atoms with van der Waals surface area (Å²) in [7, 11) is -3.63. The molecule has 1 heterocycles. The van der Waals surface area contributed by atoms with E-state index in [2.05, 4.69) is 5.32 Å². The minimum Gasteiger partial charge on any atom is -0.355 e. The number of rotatable bonds is 6. The molecule has 1 N–H and O–H groups in total. The monoisotopic (exact) mass is 440 g/mol. The summed E-state index contributed by atoms with van der Waals surface area (Å²) in [6.07, 6.45) is 2.00. The van der Waals surface area contributed by atoms with Crippen LogP contribution in [-0.4, -0.2) is 38.3 Å². The Morgan fingerprint density at radius 1 is 1.11 bits per heavy atom. The third-order valence-corrected chi connectivity index (χ3v) is 7.17. The normalized spacial score (nSPS) is 18.0. The maximum absolute atomic E-state index is 12.8. The van der Waals surface area contributed by atoms with Gasteiger partial charge in [-0.1, -0.05) is 35.3 Å². The van der Waals surface area contributed by atoms with Gasteiger partial charge in [-0.3, -0.25) is 4.79 Å². The summed E-state index contributed by atoms with van der Waals surface area (Å²) in [5, 5.41) is 4.07. The summed E-state index contributed by atoms with van der Waals surface area (Å²) in [4.78, 5) is 12.7. The molecule has 0 radical (unpaired) electrons. The second-order valence-corrected chi connectivity index (χ2v) is 9.64. The highest BCUT2D eigenvalue weighted by Crippen LogP contribution is 2.25. The number of amides is 1. The number of sulfonamides is 1. The second-order valence-electron chi connectivity index (χ2n) is 6.83. The predicted octanol–water partition coefficient (Wildman–Crippen LogP) is 3.75. The summed E-state index contributed by atoms with van der Waals surface area (Å²) in [6, 6.07) is 13.6. The molecule has 0 spiro atoms. The van der Waals surface area contributed by atoms with Gasteiger partial charge in [0.2, 0.25) is 15.9 Å². The van der Waals surface area contributed by atoms with Crippen molar-refractivity contribution in [2.24, 2.45) is 5.92 Å². The number of hydrogen-bond donors (Lipinski definition) is 1. The van der Waals surface area contributed by atoms with Crippen molar-refractivity contribution in [3.05, 3.63) is 64.1 Å². The van der Waals surface area contributed by atoms with Crippen LogP contribution in [0, 0.1) is 5.92 Å². The Morgan fingerprint density at radius 2 is 1.86 bits per heavy atom. The summed E-state index contributed by atoms with van der Waals surface area (Å²) in [6.45, 7) is 1.09. The van der Waals surface area contributed by atoms with E-state index in [0.29, 0.717) is 42.4 Å². The van der Waals surface area contributed by atoms with E-state index in [1.165, 1.54) is 16.4 Å². The number of carbonyl (C=O) groups is 1. The SMILES string of the molecule is O=C(NCCc1cccc(Cl)c1)C1CCCN(S(=O)(=O)c2ccc(Cl)cc2)C1. The smallest absolute Gasteiger partial charge is 0.243 e. The van der Waals surface area contributed by atoms with Crippen molar-refractivity contribution in [2.45, 2.75) is 24.2 Å². The van der Waals surface area contributed by atoms with Crippen LogP contribution in [0.25, 0.3) is 0 Å². The molecule has 1 amide bonds. The standard InChI is InChI=1S/C20H22Cl2N2O3S/c21-17-6-8-19(9-7-17)28(26,27)24-12-2-4-16(14-24)20(25)23-11-10-15-3-1-5-18(22)13-15/h1,3,5-9,13,16H,2,4,10-12,14H2,(H,23,25). The minimum absolute atomic E-state index is 0.113. The molecule has 2 aromatic carbocycles. The highest BCUT2D eigenvalue weighted by Gasteiger charge is 2.33. The van der Waals surface area contributed by atoms with Gasteiger partial charge < -0.3 is 5.32 Å². The molecule has 0 aliphatic carbocycles. The molecule has 5 nitrogen and oxygen atoms in total. The zero-order valence-electron chi connectivity index (χ0n) is 15.3. The summed E-state index contributed by atoms with van der Waals surface area (Å²) in [5.74, 6) is -0.465. The van der Waals surface area contributed by atoms with Crippen LogP contribution >= 0.6 is 23.2 Å². The van der Waals surface area contributed by atoms with Gasteiger partial charge in [0.15, 0.2) is 0 Å². The molecule has 1 unspecified atom stereocenters. The lowest BCUT2D eigenvalue weighted by Crippen LogP contribution is -2.45. The second kappa shape index (κ2) is 9.27. The van der Waals surface area contributed by atoms with Gasteiger partial charge >= 0.3 is 0 Å². The number of piperidine rings is 1. The third-order valence-electron chi connectivity index (χ3n) is 4.81. The van der Waals surface area contributed by atoms with Crippen LogP contribution in [0.3, 0.4) is 0 Å². The average molecular weight is 441 g/mol. The lowest BCUT2D eigenvalue weighted by molar-refractivity contribution is -0.126. The van der Waals surface area contributed by atoms with Gasteiger partial charge in [0.25, 0.3) is 0 Å². The fraction of sp³-hybridized carbons (Fsp3) is 0.350. The fourth-order valence-corrected chi connectivity index (χ4v) is 5.16. The number of nitrogens with zero attached hydrogens (tertiary/aromatic N) is 1. The lowest BCUT2D eigenvalue weighted by atomic mass is 9.99. The van der Waals surface area contributed by atoms with Gasteiger partial charge in [-0.2, -0.15) is 4.31 Å². The van der Waals surface area contributed by atoms with Crippen molar-refractivity contribution < 1.29 is 13.2 Å². The fourth-order valence-electron chi connectivity index (χ4n) is 3.30. The molecular formula is C20H22Cl2N2O3S. The van der Waals surface area contributed by atoms with Gasteiger partial charge in [-0.15, -0.1) is 0 Å². The molecule has 0 saturated carbocycles. The zero-order chi connectivity index (χ0) is 20.1. The first-order chi connectivity index (χ1) is 13.4. The van der Waals surface area contributed by atoms with Crippen LogP contribution in [0.15, 0.2) is 53.4 Å². The van der Waals surface area contributed by atoms with E-state index in [1.807, 2.05) is 18.2 Å². The topological polar surface area (TPSA) is 66.5 Å². The Labute approximate surface area is 175 Å². The average Bonchev–Trinajstić information content (AvgIpc) is 2.68. The van der Waals surface area contributed by atoms with Crippen molar-refractivity contribution in [3.63, 3.8) is 0 Å². The van der Waals surface area contributed by atoms with Gasteiger partial charge in [0.05, 0.1) is 10.8 Å². The molecule has 150 valence electrons. The Hall–Kier alpha value is -1.60. The Kier molecular flexibility index (Phi) is 6.99. The van der Waals surface area contributed by atoms with Crippen LogP contribution < -0.4 is 5.32 Å². The van der Waals surface area contributed by atoms with E-state index in [4.69, 9.17) is 23.2 Å². The van der Waals surface area contributed by atoms with E-state index >= 15 is 0 Å². The largest absolute Gasteiger partial charge is 0.355 e. The molecule has 1 fully saturated rings. The Balaban J connectivity index is 1.57. The number of carbonyl (C=O) groups excluding carboxylic acids is 1. The number of nitrogens with one attached hydrogen (secondary N) is 1. The maximum atomic E-state index is 12.8. The lowest BCUT2D eigenvalue weighted by Gasteiger charge is -2.31. The number of halogens is 2. The van der Waals surface area contributed by atoms with E-state index in [-0.39, 0.29) is 23.3 Å². The highest BCUT2D eigenvalue weighted by atomic mass is 35.5. The van der Waals surface area contributed by atoms with Gasteiger partial charge in [0.1, 0.15) is 0 Å². The predicted molar refractivity (Wildman–Crippen MR) is 111 cm³/mol. The maximum Gasteiger partial charge on any atom is 0.243 e. The van der Waals surface area contributed by atoms with Crippen LogP contribution in [-0.2, 0) is 21.2 Å². The van der Waals surface area contributed by atoms with Crippen molar-refractivity contribution in [1.29, 1.82) is 0 Å². The number of benzene rings is 2. The van der Waals surface area contributed by atoms with Crippen molar-refractivity contribution >= 4 is 39.1 Å². The quantitative estimate of drug-likeness (QED) is 0.743. The summed E-state index contributed by atoms with van der Waals surface area (Å²) < 4.78 is 27.1. The van der Waals surface area contributed by atoms with Crippen LogP contribution in [0.2, 0.25) is 10.0 Å². The molecule has 1 atom stereocenters. The Morgan fingerprint density at radius 3 is 2.57 bits per heavy atom. The molecule has 8 heteroatoms. The van der Waals surface area contributed by atoms with E-state index in [9.17, 15) is 13.2 Å². The molecule has 3 rings (SSSR count). The van der Waals surface area contributed by atoms with Gasteiger partial charge in [0, 0.05) is 29.7 Å². The molecule has 1 aliphatic rings. The third kappa shape index (κ3) is 5.26. The van der Waals surface area contributed by atoms with E-state index in [1.54, 1.807) is 18.2 Å². The van der Waals surface area contributed by atoms with Crippen molar-refractivity contribution in [1.82, 2.24) is 9.62 Å². The van der Waals surface area contributed by atoms with Crippen molar-refractivity contribution in [2.75, 3.05) is 19.6 Å². The number of hydrogen-bond acceptors (Lipinski definition) is 3. The minimum atomic E-state index is -3.63.